The van der Waals surface area contributed by atoms with Crippen LogP contribution in [0.1, 0.15) is 12.0 Å². The second kappa shape index (κ2) is 3.25. The first-order chi connectivity index (χ1) is 6.93. The van der Waals surface area contributed by atoms with Gasteiger partial charge in [-0.1, -0.05) is 36.4 Å². The molecule has 14 heavy (non-hydrogen) atoms. The van der Waals surface area contributed by atoms with E-state index in [4.69, 9.17) is 0 Å². The summed E-state index contributed by atoms with van der Waals surface area (Å²) in [5, 5.41) is 3.45. The Kier molecular flexibility index (Phi) is 1.91. The molecule has 0 saturated carbocycles. The molecule has 1 nitrogen and oxygen atoms in total. The van der Waals surface area contributed by atoms with Crippen LogP contribution < -0.4 is 5.32 Å². The SMILES string of the molecule is C1=C(c2ccccc2)C[C@@H]2CNC[C@H]12. The van der Waals surface area contributed by atoms with E-state index in [0.717, 1.165) is 11.8 Å². The molecule has 3 rings (SSSR count). The molecule has 1 heterocycles. The van der Waals surface area contributed by atoms with Crippen molar-refractivity contribution in [3.8, 4) is 0 Å². The number of rotatable bonds is 1. The van der Waals surface area contributed by atoms with Crippen molar-refractivity contribution in [2.45, 2.75) is 6.42 Å². The molecule has 0 amide bonds. The highest BCUT2D eigenvalue weighted by Crippen LogP contribution is 2.37. The predicted molar refractivity (Wildman–Crippen MR) is 58.9 cm³/mol. The van der Waals surface area contributed by atoms with Crippen molar-refractivity contribution in [2.75, 3.05) is 13.1 Å². The van der Waals surface area contributed by atoms with Crippen molar-refractivity contribution in [2.24, 2.45) is 11.8 Å². The van der Waals surface area contributed by atoms with Crippen molar-refractivity contribution >= 4 is 5.57 Å². The van der Waals surface area contributed by atoms with Gasteiger partial charge >= 0.3 is 0 Å². The van der Waals surface area contributed by atoms with Crippen LogP contribution in [0.25, 0.3) is 5.57 Å². The molecule has 0 aromatic heterocycles. The lowest BCUT2D eigenvalue weighted by Crippen LogP contribution is -2.09. The fourth-order valence-corrected chi connectivity index (χ4v) is 2.65. The van der Waals surface area contributed by atoms with Gasteiger partial charge in [0, 0.05) is 6.54 Å². The lowest BCUT2D eigenvalue weighted by atomic mass is 9.98. The third kappa shape index (κ3) is 1.28. The standard InChI is InChI=1S/C13H15N/c1-2-4-10(5-3-1)11-6-12-8-14-9-13(12)7-11/h1-6,12-14H,7-9H2/t12-,13+/m0/s1. The number of nitrogens with one attached hydrogen (secondary N) is 1. The van der Waals surface area contributed by atoms with Gasteiger partial charge in [0.2, 0.25) is 0 Å². The van der Waals surface area contributed by atoms with E-state index in [1.165, 1.54) is 25.1 Å². The molecule has 1 aliphatic carbocycles. The van der Waals surface area contributed by atoms with Crippen molar-refractivity contribution in [1.82, 2.24) is 5.32 Å². The molecule has 0 bridgehead atoms. The number of benzene rings is 1. The summed E-state index contributed by atoms with van der Waals surface area (Å²) in [5.74, 6) is 1.66. The Morgan fingerprint density at radius 1 is 1.07 bits per heavy atom. The summed E-state index contributed by atoms with van der Waals surface area (Å²) >= 11 is 0. The van der Waals surface area contributed by atoms with Gasteiger partial charge in [0.05, 0.1) is 0 Å². The molecule has 0 spiro atoms. The van der Waals surface area contributed by atoms with Crippen molar-refractivity contribution in [3.05, 3.63) is 42.0 Å². The Morgan fingerprint density at radius 2 is 1.93 bits per heavy atom. The van der Waals surface area contributed by atoms with E-state index >= 15 is 0 Å². The summed E-state index contributed by atoms with van der Waals surface area (Å²) in [6.07, 6.45) is 3.74. The maximum Gasteiger partial charge on any atom is 0.00178 e. The molecule has 1 aliphatic heterocycles. The molecular formula is C13H15N. The quantitative estimate of drug-likeness (QED) is 0.708. The highest BCUT2D eigenvalue weighted by Gasteiger charge is 2.31. The third-order valence-electron chi connectivity index (χ3n) is 3.43. The third-order valence-corrected chi connectivity index (χ3v) is 3.43. The Bertz CT molecular complexity index is 353. The van der Waals surface area contributed by atoms with Crippen LogP contribution in [0.4, 0.5) is 0 Å². The molecule has 0 unspecified atom stereocenters. The zero-order valence-electron chi connectivity index (χ0n) is 8.24. The number of fused-ring (bicyclic) bond motifs is 1. The summed E-state index contributed by atoms with van der Waals surface area (Å²) in [7, 11) is 0. The highest BCUT2D eigenvalue weighted by atomic mass is 14.9. The van der Waals surface area contributed by atoms with Crippen LogP contribution in [0.3, 0.4) is 0 Å². The molecule has 2 atom stereocenters. The predicted octanol–water partition coefficient (Wildman–Crippen LogP) is 2.31. The average molecular weight is 185 g/mol. The largest absolute Gasteiger partial charge is 0.316 e. The molecule has 1 aromatic rings. The van der Waals surface area contributed by atoms with Crippen LogP contribution in [0.2, 0.25) is 0 Å². The van der Waals surface area contributed by atoms with Crippen LogP contribution in [0.15, 0.2) is 36.4 Å². The van der Waals surface area contributed by atoms with Gasteiger partial charge in [0.15, 0.2) is 0 Å². The van der Waals surface area contributed by atoms with E-state index in [9.17, 15) is 0 Å². The van der Waals surface area contributed by atoms with Gasteiger partial charge < -0.3 is 5.32 Å². The minimum atomic E-state index is 0.796. The molecular weight excluding hydrogens is 170 g/mol. The molecule has 2 aliphatic rings. The second-order valence-electron chi connectivity index (χ2n) is 4.34. The average Bonchev–Trinajstić information content (AvgIpc) is 2.78. The summed E-state index contributed by atoms with van der Waals surface area (Å²) in [5.41, 5.74) is 2.98. The monoisotopic (exact) mass is 185 g/mol. The van der Waals surface area contributed by atoms with E-state index in [2.05, 4.69) is 41.7 Å². The fraction of sp³-hybridized carbons (Fsp3) is 0.385. The van der Waals surface area contributed by atoms with Crippen LogP contribution in [0, 0.1) is 11.8 Å². The first-order valence-corrected chi connectivity index (χ1v) is 5.40. The maximum atomic E-state index is 3.45. The van der Waals surface area contributed by atoms with Gasteiger partial charge in [0.25, 0.3) is 0 Å². The molecule has 1 N–H and O–H groups in total. The highest BCUT2D eigenvalue weighted by molar-refractivity contribution is 5.68. The molecule has 0 radical (unpaired) electrons. The van der Waals surface area contributed by atoms with Gasteiger partial charge in [-0.3, -0.25) is 0 Å². The van der Waals surface area contributed by atoms with Gasteiger partial charge in [-0.2, -0.15) is 0 Å². The van der Waals surface area contributed by atoms with E-state index in [1.54, 1.807) is 5.57 Å². The normalized spacial score (nSPS) is 30.1. The zero-order chi connectivity index (χ0) is 9.38. The first kappa shape index (κ1) is 8.25. The second-order valence-corrected chi connectivity index (χ2v) is 4.34. The Labute approximate surface area is 84.8 Å². The van der Waals surface area contributed by atoms with Crippen molar-refractivity contribution in [3.63, 3.8) is 0 Å². The van der Waals surface area contributed by atoms with E-state index < -0.39 is 0 Å². The number of hydrogen-bond donors (Lipinski definition) is 1. The molecule has 1 fully saturated rings. The minimum Gasteiger partial charge on any atom is -0.316 e. The van der Waals surface area contributed by atoms with Gasteiger partial charge in [-0.15, -0.1) is 0 Å². The lowest BCUT2D eigenvalue weighted by Gasteiger charge is -2.06. The Hall–Kier alpha value is -1.08. The van der Waals surface area contributed by atoms with Gasteiger partial charge in [-0.25, -0.2) is 0 Å². The van der Waals surface area contributed by atoms with E-state index in [1.807, 2.05) is 0 Å². The number of allylic oxidation sites excluding steroid dienone is 1. The number of hydrogen-bond acceptors (Lipinski definition) is 1. The van der Waals surface area contributed by atoms with Crippen molar-refractivity contribution < 1.29 is 0 Å². The maximum absolute atomic E-state index is 3.45. The lowest BCUT2D eigenvalue weighted by molar-refractivity contribution is 0.536. The topological polar surface area (TPSA) is 12.0 Å². The Morgan fingerprint density at radius 3 is 2.71 bits per heavy atom. The van der Waals surface area contributed by atoms with Crippen molar-refractivity contribution in [1.29, 1.82) is 0 Å². The zero-order valence-corrected chi connectivity index (χ0v) is 8.24. The van der Waals surface area contributed by atoms with E-state index in [0.29, 0.717) is 0 Å². The smallest absolute Gasteiger partial charge is 0.00178 e. The summed E-state index contributed by atoms with van der Waals surface area (Å²) in [6.45, 7) is 2.39. The van der Waals surface area contributed by atoms with Gasteiger partial charge in [-0.05, 0) is 35.9 Å². The minimum absolute atomic E-state index is 0.796. The molecule has 1 saturated heterocycles. The fourth-order valence-electron chi connectivity index (χ4n) is 2.65. The summed E-state index contributed by atoms with van der Waals surface area (Å²) < 4.78 is 0. The van der Waals surface area contributed by atoms with Gasteiger partial charge in [0.1, 0.15) is 0 Å². The van der Waals surface area contributed by atoms with Crippen LogP contribution in [-0.4, -0.2) is 13.1 Å². The summed E-state index contributed by atoms with van der Waals surface area (Å²) in [6, 6.07) is 10.8. The first-order valence-electron chi connectivity index (χ1n) is 5.40. The van der Waals surface area contributed by atoms with Crippen LogP contribution in [-0.2, 0) is 0 Å². The van der Waals surface area contributed by atoms with Crippen LogP contribution >= 0.6 is 0 Å². The molecule has 1 heteroatoms. The van der Waals surface area contributed by atoms with Crippen LogP contribution in [0.5, 0.6) is 0 Å². The molecule has 72 valence electrons. The molecule has 1 aromatic carbocycles. The van der Waals surface area contributed by atoms with E-state index in [-0.39, 0.29) is 0 Å². The summed E-state index contributed by atoms with van der Waals surface area (Å²) in [4.78, 5) is 0. The Balaban J connectivity index is 1.88.